The summed E-state index contributed by atoms with van der Waals surface area (Å²) in [4.78, 5) is 0. The molecule has 0 fully saturated rings. The Morgan fingerprint density at radius 3 is 2.25 bits per heavy atom. The summed E-state index contributed by atoms with van der Waals surface area (Å²) >= 11 is 0. The first kappa shape index (κ1) is 13.0. The smallest absolute Gasteiger partial charge is 0.161 e. The van der Waals surface area contributed by atoms with E-state index >= 15 is 0 Å². The quantitative estimate of drug-likeness (QED) is 0.646. The number of hydrogen-bond acceptors (Lipinski definition) is 4. The second-order valence-electron chi connectivity index (χ2n) is 4.67. The number of hydrazine groups is 1. The van der Waals surface area contributed by atoms with Gasteiger partial charge in [0.05, 0.1) is 0 Å². The summed E-state index contributed by atoms with van der Waals surface area (Å²) < 4.78 is 11.1. The Kier molecular flexibility index (Phi) is 4.16. The first-order valence-corrected chi connectivity index (χ1v) is 6.80. The van der Waals surface area contributed by atoms with E-state index in [4.69, 9.17) is 9.47 Å². The van der Waals surface area contributed by atoms with Gasteiger partial charge >= 0.3 is 0 Å². The Hall–Kier alpha value is -2.04. The summed E-state index contributed by atoms with van der Waals surface area (Å²) in [5.74, 6) is 1.66. The second kappa shape index (κ2) is 6.41. The third-order valence-electron chi connectivity index (χ3n) is 3.16. The van der Waals surface area contributed by atoms with E-state index in [1.54, 1.807) is 0 Å². The molecule has 4 heteroatoms. The maximum atomic E-state index is 5.57. The first-order valence-electron chi connectivity index (χ1n) is 6.80. The fraction of sp³-hybridized carbons (Fsp3) is 0.250. The van der Waals surface area contributed by atoms with Gasteiger partial charge in [0.25, 0.3) is 0 Å². The van der Waals surface area contributed by atoms with E-state index < -0.39 is 0 Å². The van der Waals surface area contributed by atoms with Crippen LogP contribution in [0.4, 0.5) is 0 Å². The molecule has 0 unspecified atom stereocenters. The van der Waals surface area contributed by atoms with E-state index in [9.17, 15) is 0 Å². The van der Waals surface area contributed by atoms with Gasteiger partial charge in [0, 0.05) is 13.1 Å². The Morgan fingerprint density at radius 1 is 0.750 bits per heavy atom. The number of ether oxygens (including phenoxy) is 2. The first-order chi connectivity index (χ1) is 9.92. The maximum absolute atomic E-state index is 5.57. The molecule has 0 aliphatic carbocycles. The Balaban J connectivity index is 1.49. The highest BCUT2D eigenvalue weighted by molar-refractivity contribution is 5.43. The zero-order valence-corrected chi connectivity index (χ0v) is 11.3. The molecule has 0 aromatic heterocycles. The lowest BCUT2D eigenvalue weighted by molar-refractivity contribution is 0.171. The van der Waals surface area contributed by atoms with Gasteiger partial charge in [0.2, 0.25) is 0 Å². The molecule has 104 valence electrons. The molecular formula is C16H18N2O2. The van der Waals surface area contributed by atoms with Gasteiger partial charge < -0.3 is 9.47 Å². The van der Waals surface area contributed by atoms with Crippen LogP contribution >= 0.6 is 0 Å². The molecule has 1 aliphatic heterocycles. The van der Waals surface area contributed by atoms with Crippen LogP contribution in [0.5, 0.6) is 11.5 Å². The van der Waals surface area contributed by atoms with E-state index in [-0.39, 0.29) is 0 Å². The molecule has 0 spiro atoms. The molecule has 4 nitrogen and oxygen atoms in total. The van der Waals surface area contributed by atoms with Gasteiger partial charge in [-0.15, -0.1) is 0 Å². The topological polar surface area (TPSA) is 42.5 Å². The normalized spacial score (nSPS) is 13.2. The summed E-state index contributed by atoms with van der Waals surface area (Å²) in [5.41, 5.74) is 8.83. The van der Waals surface area contributed by atoms with Crippen molar-refractivity contribution in [1.82, 2.24) is 10.9 Å². The standard InChI is InChI=1S/C16H18N2O2/c1-2-4-13(5-3-1)11-17-18-12-14-6-7-15-16(10-14)20-9-8-19-15/h1-7,10,17-18H,8-9,11-12H2. The van der Waals surface area contributed by atoms with Crippen molar-refractivity contribution < 1.29 is 9.47 Å². The molecule has 3 rings (SSSR count). The van der Waals surface area contributed by atoms with E-state index in [2.05, 4.69) is 23.0 Å². The van der Waals surface area contributed by atoms with E-state index in [1.165, 1.54) is 5.56 Å². The molecule has 20 heavy (non-hydrogen) atoms. The third-order valence-corrected chi connectivity index (χ3v) is 3.16. The van der Waals surface area contributed by atoms with Crippen molar-refractivity contribution in [2.24, 2.45) is 0 Å². The maximum Gasteiger partial charge on any atom is 0.161 e. The molecule has 2 aromatic carbocycles. The van der Waals surface area contributed by atoms with Crippen molar-refractivity contribution in [3.05, 3.63) is 59.7 Å². The predicted octanol–water partition coefficient (Wildman–Crippen LogP) is 2.25. The number of nitrogens with one attached hydrogen (secondary N) is 2. The van der Waals surface area contributed by atoms with Gasteiger partial charge in [-0.05, 0) is 23.3 Å². The molecule has 0 atom stereocenters. The zero-order valence-electron chi connectivity index (χ0n) is 11.3. The van der Waals surface area contributed by atoms with Crippen molar-refractivity contribution in [2.45, 2.75) is 13.1 Å². The average Bonchev–Trinajstić information content (AvgIpc) is 2.52. The Bertz CT molecular complexity index is 558. The highest BCUT2D eigenvalue weighted by Crippen LogP contribution is 2.30. The number of benzene rings is 2. The van der Waals surface area contributed by atoms with Crippen LogP contribution in [0, 0.1) is 0 Å². The lowest BCUT2D eigenvalue weighted by Gasteiger charge is -2.19. The second-order valence-corrected chi connectivity index (χ2v) is 4.67. The molecule has 0 amide bonds. The van der Waals surface area contributed by atoms with Crippen LogP contribution < -0.4 is 20.3 Å². The Morgan fingerprint density at radius 2 is 1.45 bits per heavy atom. The van der Waals surface area contributed by atoms with E-state index in [1.807, 2.05) is 36.4 Å². The summed E-state index contributed by atoms with van der Waals surface area (Å²) in [6.45, 7) is 2.79. The van der Waals surface area contributed by atoms with Crippen molar-refractivity contribution >= 4 is 0 Å². The van der Waals surface area contributed by atoms with Gasteiger partial charge in [-0.1, -0.05) is 36.4 Å². The molecule has 2 N–H and O–H groups in total. The van der Waals surface area contributed by atoms with Crippen molar-refractivity contribution in [1.29, 1.82) is 0 Å². The predicted molar refractivity (Wildman–Crippen MR) is 77.6 cm³/mol. The number of fused-ring (bicyclic) bond motifs is 1. The summed E-state index contributed by atoms with van der Waals surface area (Å²) in [6.07, 6.45) is 0. The summed E-state index contributed by atoms with van der Waals surface area (Å²) in [7, 11) is 0. The SMILES string of the molecule is c1ccc(CNNCc2ccc3c(c2)OCCO3)cc1. The minimum Gasteiger partial charge on any atom is -0.486 e. The highest BCUT2D eigenvalue weighted by atomic mass is 16.6. The van der Waals surface area contributed by atoms with Gasteiger partial charge in [-0.25, -0.2) is 0 Å². The number of rotatable bonds is 5. The van der Waals surface area contributed by atoms with Crippen LogP contribution in [0.2, 0.25) is 0 Å². The Labute approximate surface area is 118 Å². The molecule has 1 aliphatic rings. The number of hydrogen-bond donors (Lipinski definition) is 2. The molecule has 0 bridgehead atoms. The third kappa shape index (κ3) is 3.29. The zero-order chi connectivity index (χ0) is 13.6. The molecule has 0 saturated carbocycles. The van der Waals surface area contributed by atoms with Gasteiger partial charge in [0.1, 0.15) is 13.2 Å². The van der Waals surface area contributed by atoms with Crippen LogP contribution in [0.1, 0.15) is 11.1 Å². The lowest BCUT2D eigenvalue weighted by Crippen LogP contribution is -2.30. The average molecular weight is 270 g/mol. The molecule has 2 aromatic rings. The minimum absolute atomic E-state index is 0.621. The largest absolute Gasteiger partial charge is 0.486 e. The van der Waals surface area contributed by atoms with Crippen LogP contribution in [0.25, 0.3) is 0 Å². The fourth-order valence-corrected chi connectivity index (χ4v) is 2.12. The lowest BCUT2D eigenvalue weighted by atomic mass is 10.2. The molecular weight excluding hydrogens is 252 g/mol. The molecule has 1 heterocycles. The molecule has 0 radical (unpaired) electrons. The molecule has 0 saturated heterocycles. The van der Waals surface area contributed by atoms with E-state index in [0.29, 0.717) is 13.2 Å². The van der Waals surface area contributed by atoms with E-state index in [0.717, 1.165) is 30.2 Å². The van der Waals surface area contributed by atoms with Crippen molar-refractivity contribution in [3.8, 4) is 11.5 Å². The summed E-state index contributed by atoms with van der Waals surface area (Å²) in [6, 6.07) is 16.3. The minimum atomic E-state index is 0.621. The monoisotopic (exact) mass is 270 g/mol. The van der Waals surface area contributed by atoms with Crippen LogP contribution in [0.15, 0.2) is 48.5 Å². The van der Waals surface area contributed by atoms with Gasteiger partial charge in [-0.3, -0.25) is 10.9 Å². The van der Waals surface area contributed by atoms with Crippen LogP contribution in [-0.2, 0) is 13.1 Å². The van der Waals surface area contributed by atoms with Crippen LogP contribution in [0.3, 0.4) is 0 Å². The van der Waals surface area contributed by atoms with Crippen molar-refractivity contribution in [3.63, 3.8) is 0 Å². The van der Waals surface area contributed by atoms with Gasteiger partial charge in [-0.2, -0.15) is 0 Å². The van der Waals surface area contributed by atoms with Gasteiger partial charge in [0.15, 0.2) is 11.5 Å². The summed E-state index contributed by atoms with van der Waals surface area (Å²) in [5, 5.41) is 0. The highest BCUT2D eigenvalue weighted by Gasteiger charge is 2.11. The van der Waals surface area contributed by atoms with Crippen LogP contribution in [-0.4, -0.2) is 13.2 Å². The van der Waals surface area contributed by atoms with Crippen molar-refractivity contribution in [2.75, 3.05) is 13.2 Å². The fourth-order valence-electron chi connectivity index (χ4n) is 2.12.